The van der Waals surface area contributed by atoms with Crippen molar-refractivity contribution in [2.75, 3.05) is 16.4 Å². The molecular weight excluding hydrogens is 307 g/mol. The van der Waals surface area contributed by atoms with Gasteiger partial charge in [-0.25, -0.2) is 4.39 Å². The van der Waals surface area contributed by atoms with Gasteiger partial charge in [0.05, 0.1) is 17.1 Å². The van der Waals surface area contributed by atoms with Gasteiger partial charge in [0.25, 0.3) is 0 Å². The van der Waals surface area contributed by atoms with Crippen LogP contribution in [0.25, 0.3) is 0 Å². The molecule has 0 atom stereocenters. The lowest BCUT2D eigenvalue weighted by atomic mass is 10.1. The number of unbranched alkanes of at least 4 members (excludes halogenated alkanes) is 3. The van der Waals surface area contributed by atoms with Gasteiger partial charge < -0.3 is 21.4 Å². The van der Waals surface area contributed by atoms with Crippen LogP contribution in [0.15, 0.2) is 30.6 Å². The first-order chi connectivity index (χ1) is 11.6. The first-order valence-electron chi connectivity index (χ1n) is 8.35. The molecule has 2 aromatic rings. The smallest absolute Gasteiger partial charge is 0.224 e. The molecule has 0 bridgehead atoms. The molecule has 0 saturated heterocycles. The largest absolute Gasteiger partial charge is 0.395 e. The third-order valence-electron chi connectivity index (χ3n) is 3.86. The van der Waals surface area contributed by atoms with Crippen LogP contribution in [0.3, 0.4) is 0 Å². The van der Waals surface area contributed by atoms with Crippen LogP contribution in [-0.4, -0.2) is 10.9 Å². The highest BCUT2D eigenvalue weighted by Crippen LogP contribution is 2.28. The number of aromatic amines is 1. The highest BCUT2D eigenvalue weighted by Gasteiger charge is 2.12. The van der Waals surface area contributed by atoms with Crippen molar-refractivity contribution in [1.29, 1.82) is 0 Å². The van der Waals surface area contributed by atoms with Gasteiger partial charge in [-0.15, -0.1) is 0 Å². The number of amides is 1. The molecule has 1 aromatic carbocycles. The van der Waals surface area contributed by atoms with E-state index < -0.39 is 5.82 Å². The van der Waals surface area contributed by atoms with E-state index in [2.05, 4.69) is 22.5 Å². The van der Waals surface area contributed by atoms with Gasteiger partial charge in [-0.05, 0) is 30.2 Å². The molecule has 0 radical (unpaired) electrons. The molecule has 1 aromatic heterocycles. The zero-order chi connectivity index (χ0) is 17.4. The summed E-state index contributed by atoms with van der Waals surface area (Å²) in [6, 6.07) is 5.12. The summed E-state index contributed by atoms with van der Waals surface area (Å²) in [4.78, 5) is 14.8. The van der Waals surface area contributed by atoms with Crippen LogP contribution < -0.4 is 16.4 Å². The summed E-state index contributed by atoms with van der Waals surface area (Å²) in [7, 11) is 0. The van der Waals surface area contributed by atoms with Crippen molar-refractivity contribution in [3.05, 3.63) is 42.0 Å². The van der Waals surface area contributed by atoms with E-state index in [4.69, 9.17) is 5.73 Å². The Morgan fingerprint density at radius 3 is 2.71 bits per heavy atom. The minimum absolute atomic E-state index is 0.0454. The maximum atomic E-state index is 14.3. The molecule has 0 aliphatic heterocycles. The second-order valence-corrected chi connectivity index (χ2v) is 5.82. The molecule has 5 nitrogen and oxygen atoms in total. The molecule has 1 heterocycles. The molecule has 0 fully saturated rings. The minimum atomic E-state index is -0.547. The van der Waals surface area contributed by atoms with E-state index >= 15 is 0 Å². The third-order valence-corrected chi connectivity index (χ3v) is 3.86. The van der Waals surface area contributed by atoms with Gasteiger partial charge in [0, 0.05) is 25.4 Å². The predicted molar refractivity (Wildman–Crippen MR) is 96.3 cm³/mol. The number of hydrogen-bond donors (Lipinski definition) is 4. The highest BCUT2D eigenvalue weighted by atomic mass is 19.1. The van der Waals surface area contributed by atoms with Crippen molar-refractivity contribution >= 4 is 23.0 Å². The molecule has 6 heteroatoms. The lowest BCUT2D eigenvalue weighted by Gasteiger charge is -2.13. The van der Waals surface area contributed by atoms with E-state index in [0.29, 0.717) is 24.3 Å². The molecule has 2 rings (SSSR count). The Bertz CT molecular complexity index is 655. The number of nitrogens with one attached hydrogen (secondary N) is 3. The van der Waals surface area contributed by atoms with Gasteiger partial charge in [-0.3, -0.25) is 4.79 Å². The summed E-state index contributed by atoms with van der Waals surface area (Å²) in [5.41, 5.74) is 7.42. The summed E-state index contributed by atoms with van der Waals surface area (Å²) in [5.74, 6) is -0.681. The number of nitrogens with two attached hydrogens (primary N) is 1. The number of carbonyl (C=O) groups is 1. The number of anilines is 3. The molecule has 0 aliphatic rings. The van der Waals surface area contributed by atoms with Crippen LogP contribution in [0.4, 0.5) is 21.5 Å². The van der Waals surface area contributed by atoms with E-state index in [-0.39, 0.29) is 11.6 Å². The second kappa shape index (κ2) is 8.96. The van der Waals surface area contributed by atoms with Crippen molar-refractivity contribution < 1.29 is 9.18 Å². The van der Waals surface area contributed by atoms with Crippen molar-refractivity contribution in [1.82, 2.24) is 4.98 Å². The number of rotatable bonds is 9. The number of H-pyrrole nitrogens is 1. The van der Waals surface area contributed by atoms with Crippen LogP contribution in [0.5, 0.6) is 0 Å². The molecule has 5 N–H and O–H groups in total. The Hall–Kier alpha value is -2.50. The SMILES string of the molecule is CCCCCCC(=O)Nc1ccc(NCc2cc[nH]c2)c(F)c1N. The van der Waals surface area contributed by atoms with Crippen LogP contribution >= 0.6 is 0 Å². The van der Waals surface area contributed by atoms with Crippen molar-refractivity contribution in [3.8, 4) is 0 Å². The monoisotopic (exact) mass is 332 g/mol. The number of hydrogen-bond acceptors (Lipinski definition) is 3. The first-order valence-corrected chi connectivity index (χ1v) is 8.35. The summed E-state index contributed by atoms with van der Waals surface area (Å²) in [6.45, 7) is 2.61. The van der Waals surface area contributed by atoms with Gasteiger partial charge >= 0.3 is 0 Å². The molecular formula is C18H25FN4O. The van der Waals surface area contributed by atoms with Crippen molar-refractivity contribution in [2.24, 2.45) is 0 Å². The average molecular weight is 332 g/mol. The Morgan fingerprint density at radius 1 is 1.21 bits per heavy atom. The standard InChI is InChI=1S/C18H25FN4O/c1-2-3-4-5-6-16(24)23-15-8-7-14(17(19)18(15)20)22-12-13-9-10-21-11-13/h7-11,21-22H,2-6,12,20H2,1H3,(H,23,24). The van der Waals surface area contributed by atoms with Crippen molar-refractivity contribution in [2.45, 2.75) is 45.6 Å². The summed E-state index contributed by atoms with van der Waals surface area (Å²) in [6.07, 6.45) is 8.16. The zero-order valence-electron chi connectivity index (χ0n) is 14.0. The normalized spacial score (nSPS) is 10.6. The molecule has 0 unspecified atom stereocenters. The number of halogens is 1. The van der Waals surface area contributed by atoms with E-state index in [1.54, 1.807) is 18.3 Å². The Labute approximate surface area is 141 Å². The lowest BCUT2D eigenvalue weighted by Crippen LogP contribution is -2.14. The van der Waals surface area contributed by atoms with Crippen LogP contribution in [0, 0.1) is 5.82 Å². The van der Waals surface area contributed by atoms with Gasteiger partial charge in [-0.1, -0.05) is 26.2 Å². The number of benzene rings is 1. The van der Waals surface area contributed by atoms with Crippen LogP contribution in [0.2, 0.25) is 0 Å². The summed E-state index contributed by atoms with van der Waals surface area (Å²) < 4.78 is 14.3. The summed E-state index contributed by atoms with van der Waals surface area (Å²) >= 11 is 0. The molecule has 1 amide bonds. The fourth-order valence-corrected chi connectivity index (χ4v) is 2.43. The quantitative estimate of drug-likeness (QED) is 0.409. The lowest BCUT2D eigenvalue weighted by molar-refractivity contribution is -0.116. The fourth-order valence-electron chi connectivity index (χ4n) is 2.43. The second-order valence-electron chi connectivity index (χ2n) is 5.82. The molecule has 130 valence electrons. The maximum Gasteiger partial charge on any atom is 0.224 e. The topological polar surface area (TPSA) is 82.9 Å². The van der Waals surface area contributed by atoms with E-state index in [0.717, 1.165) is 31.2 Å². The van der Waals surface area contributed by atoms with E-state index in [1.165, 1.54) is 0 Å². The maximum absolute atomic E-state index is 14.3. The Morgan fingerprint density at radius 2 is 2.00 bits per heavy atom. The molecule has 0 spiro atoms. The number of aromatic nitrogens is 1. The third kappa shape index (κ3) is 5.01. The van der Waals surface area contributed by atoms with Crippen molar-refractivity contribution in [3.63, 3.8) is 0 Å². The van der Waals surface area contributed by atoms with Gasteiger partial charge in [0.1, 0.15) is 0 Å². The highest BCUT2D eigenvalue weighted by molar-refractivity contribution is 5.94. The van der Waals surface area contributed by atoms with Gasteiger partial charge in [-0.2, -0.15) is 0 Å². The number of nitrogen functional groups attached to an aromatic ring is 1. The fraction of sp³-hybridized carbons (Fsp3) is 0.389. The zero-order valence-corrected chi connectivity index (χ0v) is 14.0. The number of carbonyl (C=O) groups excluding carboxylic acids is 1. The average Bonchev–Trinajstić information content (AvgIpc) is 3.09. The van der Waals surface area contributed by atoms with Crippen LogP contribution in [-0.2, 0) is 11.3 Å². The Balaban J connectivity index is 1.92. The molecule has 0 saturated carbocycles. The van der Waals surface area contributed by atoms with Gasteiger partial charge in [0.2, 0.25) is 5.91 Å². The molecule has 24 heavy (non-hydrogen) atoms. The minimum Gasteiger partial charge on any atom is -0.395 e. The van der Waals surface area contributed by atoms with E-state index in [1.807, 2.05) is 12.3 Å². The molecule has 0 aliphatic carbocycles. The first kappa shape index (κ1) is 17.8. The predicted octanol–water partition coefficient (Wildman–Crippen LogP) is 4.26. The van der Waals surface area contributed by atoms with E-state index in [9.17, 15) is 9.18 Å². The van der Waals surface area contributed by atoms with Crippen LogP contribution in [0.1, 0.15) is 44.6 Å². The van der Waals surface area contributed by atoms with Gasteiger partial charge in [0.15, 0.2) is 5.82 Å². The summed E-state index contributed by atoms with van der Waals surface area (Å²) in [5, 5.41) is 5.69. The Kier molecular flexibility index (Phi) is 6.66.